The highest BCUT2D eigenvalue weighted by Crippen LogP contribution is 2.33. The second-order valence-corrected chi connectivity index (χ2v) is 7.62. The van der Waals surface area contributed by atoms with E-state index in [1.54, 1.807) is 0 Å². The van der Waals surface area contributed by atoms with Gasteiger partial charge in [0.1, 0.15) is 17.6 Å². The van der Waals surface area contributed by atoms with E-state index in [0.717, 1.165) is 52.8 Å². The maximum Gasteiger partial charge on any atom is 0.152 e. The van der Waals surface area contributed by atoms with E-state index >= 15 is 0 Å². The van der Waals surface area contributed by atoms with Crippen molar-refractivity contribution < 1.29 is 5.11 Å². The molecule has 142 valence electrons. The third kappa shape index (κ3) is 2.90. The number of hydrogen-bond acceptors (Lipinski definition) is 5. The molecular formula is C21H20ClN5O. The number of aliphatic hydroxyl groups excluding tert-OH is 1. The van der Waals surface area contributed by atoms with Crippen molar-refractivity contribution in [2.45, 2.75) is 25.6 Å². The molecule has 2 aromatic heterocycles. The standard InChI is InChI=1S/C21H20ClN5O/c22-15-5-2-1-4-13(15)12-7-8-14-16(10-12)24-21(23)20-19(14)25-17(26-20)11-27-9-3-6-18(27)28/h1-2,4-5,7-8,10,18,28H,3,6,9,11H2,(H2,23,24)(H,25,26). The maximum atomic E-state index is 10.0. The molecule has 7 heteroatoms. The normalized spacial score (nSPS) is 17.7. The number of halogens is 1. The minimum absolute atomic E-state index is 0.392. The highest BCUT2D eigenvalue weighted by molar-refractivity contribution is 6.33. The molecular weight excluding hydrogens is 374 g/mol. The molecule has 1 unspecified atom stereocenters. The predicted molar refractivity (Wildman–Crippen MR) is 112 cm³/mol. The van der Waals surface area contributed by atoms with Crippen LogP contribution in [0, 0.1) is 0 Å². The number of H-pyrrole nitrogens is 1. The van der Waals surface area contributed by atoms with Crippen LogP contribution in [0.2, 0.25) is 5.02 Å². The fourth-order valence-electron chi connectivity index (χ4n) is 3.94. The average molecular weight is 394 g/mol. The van der Waals surface area contributed by atoms with Gasteiger partial charge in [0.15, 0.2) is 5.82 Å². The molecule has 0 spiro atoms. The molecule has 1 atom stereocenters. The predicted octanol–water partition coefficient (Wildman–Crippen LogP) is 3.93. The molecule has 0 amide bonds. The molecule has 0 saturated carbocycles. The lowest BCUT2D eigenvalue weighted by molar-refractivity contribution is 0.0314. The summed E-state index contributed by atoms with van der Waals surface area (Å²) in [6.45, 7) is 1.43. The minimum Gasteiger partial charge on any atom is -0.382 e. The lowest BCUT2D eigenvalue weighted by Crippen LogP contribution is -2.28. The largest absolute Gasteiger partial charge is 0.382 e. The van der Waals surface area contributed by atoms with Crippen molar-refractivity contribution in [3.63, 3.8) is 0 Å². The lowest BCUT2D eigenvalue weighted by atomic mass is 10.0. The molecule has 1 saturated heterocycles. The zero-order chi connectivity index (χ0) is 19.3. The number of rotatable bonds is 3. The first kappa shape index (κ1) is 17.4. The number of anilines is 1. The van der Waals surface area contributed by atoms with Gasteiger partial charge in [0, 0.05) is 22.5 Å². The Hall–Kier alpha value is -2.67. The third-order valence-electron chi connectivity index (χ3n) is 5.37. The quantitative estimate of drug-likeness (QED) is 0.490. The Morgan fingerprint density at radius 3 is 2.86 bits per heavy atom. The number of likely N-dealkylation sites (tertiary alicyclic amines) is 1. The summed E-state index contributed by atoms with van der Waals surface area (Å²) in [5.41, 5.74) is 10.5. The van der Waals surface area contributed by atoms with Gasteiger partial charge in [-0.15, -0.1) is 0 Å². The average Bonchev–Trinajstić information content (AvgIpc) is 3.29. The van der Waals surface area contributed by atoms with Crippen LogP contribution in [-0.4, -0.2) is 37.7 Å². The summed E-state index contributed by atoms with van der Waals surface area (Å²) in [6, 6.07) is 13.8. The first-order valence-electron chi connectivity index (χ1n) is 9.35. The summed E-state index contributed by atoms with van der Waals surface area (Å²) in [5.74, 6) is 1.18. The number of nitrogens with one attached hydrogen (secondary N) is 1. The number of fused-ring (bicyclic) bond motifs is 3. The SMILES string of the molecule is Nc1nc2cc(-c3ccccc3Cl)ccc2c2[nH]c(CN3CCCC3O)nc12. The maximum absolute atomic E-state index is 10.0. The molecule has 6 nitrogen and oxygen atoms in total. The van der Waals surface area contributed by atoms with Crippen LogP contribution in [0.1, 0.15) is 18.7 Å². The van der Waals surface area contributed by atoms with E-state index in [2.05, 4.69) is 15.0 Å². The second-order valence-electron chi connectivity index (χ2n) is 7.21. The summed E-state index contributed by atoms with van der Waals surface area (Å²) in [5, 5.41) is 11.7. The molecule has 3 heterocycles. The summed E-state index contributed by atoms with van der Waals surface area (Å²) >= 11 is 6.35. The number of aliphatic hydroxyl groups is 1. The fourth-order valence-corrected chi connectivity index (χ4v) is 4.19. The third-order valence-corrected chi connectivity index (χ3v) is 5.70. The number of hydrogen-bond donors (Lipinski definition) is 3. The number of nitrogens with zero attached hydrogens (tertiary/aromatic N) is 3. The summed E-state index contributed by atoms with van der Waals surface area (Å²) in [6.07, 6.45) is 1.40. The number of aromatic nitrogens is 3. The van der Waals surface area contributed by atoms with E-state index in [4.69, 9.17) is 17.3 Å². The molecule has 1 fully saturated rings. The van der Waals surface area contributed by atoms with Crippen LogP contribution < -0.4 is 5.73 Å². The topological polar surface area (TPSA) is 91.1 Å². The molecule has 4 aromatic rings. The molecule has 28 heavy (non-hydrogen) atoms. The van der Waals surface area contributed by atoms with Gasteiger partial charge in [-0.1, -0.05) is 41.9 Å². The van der Waals surface area contributed by atoms with Crippen molar-refractivity contribution in [2.75, 3.05) is 12.3 Å². The van der Waals surface area contributed by atoms with E-state index < -0.39 is 6.23 Å². The molecule has 5 rings (SSSR count). The van der Waals surface area contributed by atoms with Crippen LogP contribution in [0.3, 0.4) is 0 Å². The van der Waals surface area contributed by atoms with E-state index in [-0.39, 0.29) is 0 Å². The van der Waals surface area contributed by atoms with Gasteiger partial charge in [0.25, 0.3) is 0 Å². The van der Waals surface area contributed by atoms with Gasteiger partial charge >= 0.3 is 0 Å². The fraction of sp³-hybridized carbons (Fsp3) is 0.238. The Bertz CT molecular complexity index is 1190. The Morgan fingerprint density at radius 1 is 1.21 bits per heavy atom. The highest BCUT2D eigenvalue weighted by Gasteiger charge is 2.23. The van der Waals surface area contributed by atoms with Crippen LogP contribution in [0.4, 0.5) is 5.82 Å². The molecule has 0 radical (unpaired) electrons. The van der Waals surface area contributed by atoms with E-state index in [0.29, 0.717) is 22.9 Å². The zero-order valence-corrected chi connectivity index (χ0v) is 15.9. The highest BCUT2D eigenvalue weighted by atomic mass is 35.5. The molecule has 0 aliphatic carbocycles. The van der Waals surface area contributed by atoms with Gasteiger partial charge in [-0.2, -0.15) is 0 Å². The summed E-state index contributed by atoms with van der Waals surface area (Å²) < 4.78 is 0. The Kier molecular flexibility index (Phi) is 4.19. The number of nitrogens with two attached hydrogens (primary N) is 1. The first-order chi connectivity index (χ1) is 13.6. The summed E-state index contributed by atoms with van der Waals surface area (Å²) in [4.78, 5) is 14.6. The zero-order valence-electron chi connectivity index (χ0n) is 15.2. The summed E-state index contributed by atoms with van der Waals surface area (Å²) in [7, 11) is 0. The number of benzene rings is 2. The van der Waals surface area contributed by atoms with E-state index in [9.17, 15) is 5.11 Å². The van der Waals surface area contributed by atoms with Gasteiger partial charge in [-0.25, -0.2) is 9.97 Å². The first-order valence-corrected chi connectivity index (χ1v) is 9.73. The van der Waals surface area contributed by atoms with Crippen LogP contribution in [-0.2, 0) is 6.54 Å². The van der Waals surface area contributed by atoms with Crippen LogP contribution in [0.25, 0.3) is 33.1 Å². The second kappa shape index (κ2) is 6.74. The Balaban J connectivity index is 1.60. The number of nitrogen functional groups attached to an aromatic ring is 1. The number of imidazole rings is 1. The van der Waals surface area contributed by atoms with Crippen LogP contribution in [0.15, 0.2) is 42.5 Å². The van der Waals surface area contributed by atoms with Gasteiger partial charge in [0.05, 0.1) is 17.6 Å². The smallest absolute Gasteiger partial charge is 0.152 e. The number of pyridine rings is 1. The van der Waals surface area contributed by atoms with Crippen molar-refractivity contribution in [1.29, 1.82) is 0 Å². The van der Waals surface area contributed by atoms with Gasteiger partial charge in [0.2, 0.25) is 0 Å². The Morgan fingerprint density at radius 2 is 2.07 bits per heavy atom. The van der Waals surface area contributed by atoms with E-state index in [1.165, 1.54) is 0 Å². The molecule has 4 N–H and O–H groups in total. The molecule has 0 bridgehead atoms. The lowest BCUT2D eigenvalue weighted by Gasteiger charge is -2.17. The van der Waals surface area contributed by atoms with Crippen molar-refractivity contribution >= 4 is 39.4 Å². The van der Waals surface area contributed by atoms with Crippen molar-refractivity contribution in [3.05, 3.63) is 53.3 Å². The molecule has 1 aliphatic rings. The van der Waals surface area contributed by atoms with Crippen LogP contribution >= 0.6 is 11.6 Å². The molecule has 2 aromatic carbocycles. The van der Waals surface area contributed by atoms with Crippen LogP contribution in [0.5, 0.6) is 0 Å². The number of aromatic amines is 1. The minimum atomic E-state index is -0.404. The van der Waals surface area contributed by atoms with Gasteiger partial charge < -0.3 is 15.8 Å². The monoisotopic (exact) mass is 393 g/mol. The van der Waals surface area contributed by atoms with Gasteiger partial charge in [-0.3, -0.25) is 4.90 Å². The van der Waals surface area contributed by atoms with Gasteiger partial charge in [-0.05, 0) is 30.5 Å². The molecule has 1 aliphatic heterocycles. The van der Waals surface area contributed by atoms with Crippen molar-refractivity contribution in [2.24, 2.45) is 0 Å². The Labute approximate surface area is 167 Å². The van der Waals surface area contributed by atoms with E-state index in [1.807, 2.05) is 47.4 Å². The van der Waals surface area contributed by atoms with Crippen molar-refractivity contribution in [3.8, 4) is 11.1 Å². The van der Waals surface area contributed by atoms with Crippen molar-refractivity contribution in [1.82, 2.24) is 19.9 Å².